The second-order valence-corrected chi connectivity index (χ2v) is 7.37. The zero-order valence-corrected chi connectivity index (χ0v) is 16.1. The highest BCUT2D eigenvalue weighted by Gasteiger charge is 2.19. The van der Waals surface area contributed by atoms with Crippen LogP contribution in [-0.2, 0) is 11.2 Å². The summed E-state index contributed by atoms with van der Waals surface area (Å²) in [6.45, 7) is 4.02. The molecule has 0 unspecified atom stereocenters. The summed E-state index contributed by atoms with van der Waals surface area (Å²) in [6, 6.07) is 15.5. The largest absolute Gasteiger partial charge is 0.358 e. The molecule has 0 radical (unpaired) electrons. The molecule has 0 bridgehead atoms. The number of H-pyrrole nitrogens is 2. The van der Waals surface area contributed by atoms with Crippen molar-refractivity contribution in [3.63, 3.8) is 0 Å². The van der Waals surface area contributed by atoms with E-state index in [1.165, 1.54) is 5.39 Å². The van der Waals surface area contributed by atoms with E-state index in [-0.39, 0.29) is 11.8 Å². The predicted octanol–water partition coefficient (Wildman–Crippen LogP) is 3.95. The van der Waals surface area contributed by atoms with Gasteiger partial charge in [-0.2, -0.15) is 0 Å². The molecule has 2 aromatic carbocycles. The second kappa shape index (κ2) is 7.48. The number of carbonyl (C=O) groups is 1. The number of anilines is 1. The molecule has 5 N–H and O–H groups in total. The van der Waals surface area contributed by atoms with Crippen LogP contribution < -0.4 is 11.1 Å². The van der Waals surface area contributed by atoms with Gasteiger partial charge in [-0.1, -0.05) is 38.5 Å². The minimum atomic E-state index is -0.514. The third-order valence-corrected chi connectivity index (χ3v) is 5.30. The summed E-state index contributed by atoms with van der Waals surface area (Å²) in [5.41, 5.74) is 10.7. The number of hydrogen-bond donors (Lipinski definition) is 4. The van der Waals surface area contributed by atoms with Gasteiger partial charge in [-0.3, -0.25) is 4.79 Å². The summed E-state index contributed by atoms with van der Waals surface area (Å²) in [4.78, 5) is 23.8. The Kier molecular flexibility index (Phi) is 4.88. The Balaban J connectivity index is 1.52. The number of amides is 1. The van der Waals surface area contributed by atoms with Crippen LogP contribution in [0.15, 0.2) is 48.5 Å². The molecule has 4 aromatic rings. The van der Waals surface area contributed by atoms with E-state index in [0.29, 0.717) is 6.42 Å². The Hall–Kier alpha value is -3.12. The van der Waals surface area contributed by atoms with Crippen molar-refractivity contribution in [1.82, 2.24) is 15.0 Å². The highest BCUT2D eigenvalue weighted by molar-refractivity contribution is 5.96. The number of aromatic nitrogens is 3. The van der Waals surface area contributed by atoms with Crippen molar-refractivity contribution in [3.8, 4) is 0 Å². The van der Waals surface area contributed by atoms with E-state index >= 15 is 0 Å². The Morgan fingerprint density at radius 2 is 1.96 bits per heavy atom. The Morgan fingerprint density at radius 1 is 1.14 bits per heavy atom. The van der Waals surface area contributed by atoms with Gasteiger partial charge < -0.3 is 21.0 Å². The number of aromatic amines is 2. The van der Waals surface area contributed by atoms with Gasteiger partial charge >= 0.3 is 0 Å². The molecule has 144 valence electrons. The third kappa shape index (κ3) is 3.64. The second-order valence-electron chi connectivity index (χ2n) is 7.37. The van der Waals surface area contributed by atoms with Gasteiger partial charge in [0.15, 0.2) is 0 Å². The first kappa shape index (κ1) is 18.3. The van der Waals surface area contributed by atoms with Crippen LogP contribution in [0, 0.1) is 5.92 Å². The summed E-state index contributed by atoms with van der Waals surface area (Å²) in [5.74, 6) is 0.853. The van der Waals surface area contributed by atoms with Crippen molar-refractivity contribution in [2.75, 3.05) is 5.32 Å². The van der Waals surface area contributed by atoms with Crippen LogP contribution in [0.4, 0.5) is 5.69 Å². The molecule has 0 aliphatic heterocycles. The quantitative estimate of drug-likeness (QED) is 0.410. The SMILES string of the molecule is CC[C@H](C)[C@H](N)C(=O)Nc1ccc2nc(Cc3cc4ccccc4[nH]3)[nH]c2c1. The molecule has 6 nitrogen and oxygen atoms in total. The molecule has 2 atom stereocenters. The van der Waals surface area contributed by atoms with E-state index in [2.05, 4.69) is 38.5 Å². The van der Waals surface area contributed by atoms with Crippen LogP contribution in [0.3, 0.4) is 0 Å². The summed E-state index contributed by atoms with van der Waals surface area (Å²) in [5, 5.41) is 4.10. The fourth-order valence-corrected chi connectivity index (χ4v) is 3.37. The Labute approximate surface area is 163 Å². The lowest BCUT2D eigenvalue weighted by molar-refractivity contribution is -0.118. The first-order valence-electron chi connectivity index (χ1n) is 9.65. The number of para-hydroxylation sites is 1. The maximum atomic E-state index is 12.3. The molecule has 28 heavy (non-hydrogen) atoms. The third-order valence-electron chi connectivity index (χ3n) is 5.30. The number of nitrogens with two attached hydrogens (primary N) is 1. The number of hydrogen-bond acceptors (Lipinski definition) is 3. The maximum absolute atomic E-state index is 12.3. The number of rotatable bonds is 6. The zero-order chi connectivity index (χ0) is 19.7. The number of benzene rings is 2. The minimum Gasteiger partial charge on any atom is -0.358 e. The summed E-state index contributed by atoms with van der Waals surface area (Å²) in [6.07, 6.45) is 1.55. The topological polar surface area (TPSA) is 99.6 Å². The average molecular weight is 375 g/mol. The monoisotopic (exact) mass is 375 g/mol. The van der Waals surface area contributed by atoms with Crippen LogP contribution in [0.1, 0.15) is 31.8 Å². The molecule has 0 fully saturated rings. The first-order chi connectivity index (χ1) is 13.5. The van der Waals surface area contributed by atoms with Crippen LogP contribution >= 0.6 is 0 Å². The molecule has 0 saturated heterocycles. The van der Waals surface area contributed by atoms with Gasteiger partial charge in [0, 0.05) is 23.3 Å². The van der Waals surface area contributed by atoms with Crippen LogP contribution in [0.5, 0.6) is 0 Å². The summed E-state index contributed by atoms with van der Waals surface area (Å²) >= 11 is 0. The molecule has 0 spiro atoms. The fraction of sp³-hybridized carbons (Fsp3) is 0.273. The smallest absolute Gasteiger partial charge is 0.241 e. The number of imidazole rings is 1. The minimum absolute atomic E-state index is 0.138. The van der Waals surface area contributed by atoms with Gasteiger partial charge in [-0.25, -0.2) is 4.98 Å². The van der Waals surface area contributed by atoms with Crippen LogP contribution in [0.2, 0.25) is 0 Å². The number of fused-ring (bicyclic) bond motifs is 2. The molecule has 0 aliphatic rings. The lowest BCUT2D eigenvalue weighted by Crippen LogP contribution is -2.40. The molecule has 2 heterocycles. The zero-order valence-electron chi connectivity index (χ0n) is 16.1. The molecular weight excluding hydrogens is 350 g/mol. The fourth-order valence-electron chi connectivity index (χ4n) is 3.37. The molecule has 1 amide bonds. The predicted molar refractivity (Wildman–Crippen MR) is 113 cm³/mol. The molecule has 2 aromatic heterocycles. The van der Waals surface area contributed by atoms with Crippen molar-refractivity contribution in [2.45, 2.75) is 32.7 Å². The van der Waals surface area contributed by atoms with Crippen LogP contribution in [-0.4, -0.2) is 26.9 Å². The Morgan fingerprint density at radius 3 is 2.75 bits per heavy atom. The van der Waals surface area contributed by atoms with E-state index in [9.17, 15) is 4.79 Å². The van der Waals surface area contributed by atoms with Crippen molar-refractivity contribution < 1.29 is 4.79 Å². The van der Waals surface area contributed by atoms with Gasteiger partial charge in [-0.05, 0) is 41.6 Å². The van der Waals surface area contributed by atoms with Gasteiger partial charge in [-0.15, -0.1) is 0 Å². The van der Waals surface area contributed by atoms with E-state index < -0.39 is 6.04 Å². The van der Waals surface area contributed by atoms with Gasteiger partial charge in [0.2, 0.25) is 5.91 Å². The van der Waals surface area contributed by atoms with Gasteiger partial charge in [0.05, 0.1) is 17.1 Å². The maximum Gasteiger partial charge on any atom is 0.241 e. The number of nitrogens with zero attached hydrogens (tertiary/aromatic N) is 1. The van der Waals surface area contributed by atoms with E-state index in [0.717, 1.165) is 40.2 Å². The summed E-state index contributed by atoms with van der Waals surface area (Å²) < 4.78 is 0. The Bertz CT molecular complexity index is 1090. The van der Waals surface area contributed by atoms with Gasteiger partial charge in [0.25, 0.3) is 0 Å². The van der Waals surface area contributed by atoms with Crippen molar-refractivity contribution in [2.24, 2.45) is 11.7 Å². The lowest BCUT2D eigenvalue weighted by atomic mass is 9.99. The molecule has 4 rings (SSSR count). The van der Waals surface area contributed by atoms with Crippen molar-refractivity contribution in [1.29, 1.82) is 0 Å². The summed E-state index contributed by atoms with van der Waals surface area (Å²) in [7, 11) is 0. The van der Waals surface area contributed by atoms with E-state index in [1.807, 2.05) is 44.2 Å². The lowest BCUT2D eigenvalue weighted by Gasteiger charge is -2.17. The number of nitrogens with one attached hydrogen (secondary N) is 3. The average Bonchev–Trinajstić information content (AvgIpc) is 3.28. The van der Waals surface area contributed by atoms with Crippen LogP contribution in [0.25, 0.3) is 21.9 Å². The molecular formula is C22H25N5O. The van der Waals surface area contributed by atoms with Gasteiger partial charge in [0.1, 0.15) is 5.82 Å². The molecule has 6 heteroatoms. The molecule has 0 saturated carbocycles. The van der Waals surface area contributed by atoms with Crippen molar-refractivity contribution in [3.05, 3.63) is 60.0 Å². The van der Waals surface area contributed by atoms with E-state index in [4.69, 9.17) is 5.73 Å². The first-order valence-corrected chi connectivity index (χ1v) is 9.65. The normalized spacial score (nSPS) is 13.7. The van der Waals surface area contributed by atoms with Crippen molar-refractivity contribution >= 4 is 33.5 Å². The standard InChI is InChI=1S/C22H25N5O/c1-3-13(2)21(23)22(28)25-15-8-9-18-19(11-15)27-20(26-18)12-16-10-14-6-4-5-7-17(14)24-16/h4-11,13,21,24H,3,12,23H2,1-2H3,(H,25,28)(H,26,27)/t13-,21-/m0/s1. The highest BCUT2D eigenvalue weighted by atomic mass is 16.2. The highest BCUT2D eigenvalue weighted by Crippen LogP contribution is 2.21. The number of carbonyl (C=O) groups excluding carboxylic acids is 1. The molecule has 0 aliphatic carbocycles. The van der Waals surface area contributed by atoms with E-state index in [1.54, 1.807) is 0 Å².